The van der Waals surface area contributed by atoms with E-state index in [1.54, 1.807) is 0 Å². The Hall–Kier alpha value is -2.12. The molecule has 0 spiro atoms. The molecule has 0 bridgehead atoms. The van der Waals surface area contributed by atoms with Crippen LogP contribution < -0.4 is 21.3 Å². The van der Waals surface area contributed by atoms with E-state index in [1.165, 1.54) is 13.8 Å². The molecule has 150 valence electrons. The molecule has 0 aliphatic carbocycles. The molecule has 0 aromatic heterocycles. The number of hydrogen-bond donors (Lipinski definition) is 4. The summed E-state index contributed by atoms with van der Waals surface area (Å²) in [5, 5.41) is 11.0. The van der Waals surface area contributed by atoms with E-state index < -0.39 is 0 Å². The molecule has 0 heterocycles. The van der Waals surface area contributed by atoms with Gasteiger partial charge in [-0.2, -0.15) is 0 Å². The molecule has 0 fully saturated rings. The first-order valence-corrected chi connectivity index (χ1v) is 9.44. The topological polar surface area (TPSA) is 116 Å². The van der Waals surface area contributed by atoms with Crippen molar-refractivity contribution in [3.8, 4) is 0 Å². The van der Waals surface area contributed by atoms with E-state index in [2.05, 4.69) is 21.3 Å². The zero-order chi connectivity index (χ0) is 19.6. The Morgan fingerprint density at radius 1 is 0.500 bits per heavy atom. The molecule has 4 amide bonds. The third kappa shape index (κ3) is 18.2. The summed E-state index contributed by atoms with van der Waals surface area (Å²) in [6.07, 6.45) is 6.03. The molecule has 0 atom stereocenters. The molecule has 0 aromatic carbocycles. The fourth-order valence-corrected chi connectivity index (χ4v) is 2.28. The van der Waals surface area contributed by atoms with Gasteiger partial charge < -0.3 is 21.3 Å². The Morgan fingerprint density at radius 3 is 1.23 bits per heavy atom. The highest BCUT2D eigenvalue weighted by Crippen LogP contribution is 1.99. The van der Waals surface area contributed by atoms with Crippen LogP contribution >= 0.6 is 0 Å². The van der Waals surface area contributed by atoms with Crippen molar-refractivity contribution in [3.63, 3.8) is 0 Å². The first-order chi connectivity index (χ1) is 12.4. The van der Waals surface area contributed by atoms with Gasteiger partial charge >= 0.3 is 0 Å². The summed E-state index contributed by atoms with van der Waals surface area (Å²) in [6.45, 7) is 5.13. The average Bonchev–Trinajstić information content (AvgIpc) is 2.57. The molecule has 0 aliphatic rings. The largest absolute Gasteiger partial charge is 0.356 e. The van der Waals surface area contributed by atoms with E-state index in [0.29, 0.717) is 39.0 Å². The maximum absolute atomic E-state index is 11.6. The second-order valence-electron chi connectivity index (χ2n) is 6.29. The molecular formula is C18H34N4O4. The van der Waals surface area contributed by atoms with E-state index in [1.807, 2.05) is 0 Å². The number of carbonyl (C=O) groups is 4. The van der Waals surface area contributed by atoms with E-state index >= 15 is 0 Å². The maximum atomic E-state index is 11.6. The van der Waals surface area contributed by atoms with Crippen LogP contribution in [0.1, 0.15) is 65.2 Å². The van der Waals surface area contributed by atoms with Crippen molar-refractivity contribution in [2.75, 3.05) is 26.2 Å². The number of unbranched alkanes of at least 4 members (excludes halogenated alkanes) is 4. The molecule has 0 saturated heterocycles. The molecule has 8 heteroatoms. The molecule has 0 saturated carbocycles. The minimum atomic E-state index is -0.0326. The molecule has 0 aromatic rings. The first kappa shape index (κ1) is 23.9. The van der Waals surface area contributed by atoms with Crippen LogP contribution in [-0.2, 0) is 19.2 Å². The average molecular weight is 370 g/mol. The van der Waals surface area contributed by atoms with Gasteiger partial charge in [-0.1, -0.05) is 12.8 Å². The highest BCUT2D eigenvalue weighted by molar-refractivity contribution is 5.77. The molecule has 0 unspecified atom stereocenters. The van der Waals surface area contributed by atoms with Gasteiger partial charge in [0, 0.05) is 52.9 Å². The van der Waals surface area contributed by atoms with Crippen LogP contribution in [0.4, 0.5) is 0 Å². The van der Waals surface area contributed by atoms with Gasteiger partial charge in [0.2, 0.25) is 23.6 Å². The summed E-state index contributed by atoms with van der Waals surface area (Å²) in [4.78, 5) is 44.6. The molecule has 4 N–H and O–H groups in total. The Bertz CT molecular complexity index is 401. The van der Waals surface area contributed by atoms with Gasteiger partial charge in [0.25, 0.3) is 0 Å². The number of amides is 4. The molecule has 26 heavy (non-hydrogen) atoms. The minimum Gasteiger partial charge on any atom is -0.356 e. The van der Waals surface area contributed by atoms with Gasteiger partial charge in [0.05, 0.1) is 0 Å². The second-order valence-corrected chi connectivity index (χ2v) is 6.29. The van der Waals surface area contributed by atoms with Crippen molar-refractivity contribution in [1.29, 1.82) is 0 Å². The zero-order valence-corrected chi connectivity index (χ0v) is 16.1. The van der Waals surface area contributed by atoms with Crippen LogP contribution in [0.3, 0.4) is 0 Å². The SMILES string of the molecule is CC(=O)NCCCCCC(=O)NCCNC(=O)CCCCCNC(C)=O. The molecule has 0 radical (unpaired) electrons. The second kappa shape index (κ2) is 16.4. The Morgan fingerprint density at radius 2 is 0.885 bits per heavy atom. The first-order valence-electron chi connectivity index (χ1n) is 9.44. The molecule has 8 nitrogen and oxygen atoms in total. The minimum absolute atomic E-state index is 0.0169. The Balaban J connectivity index is 3.38. The van der Waals surface area contributed by atoms with E-state index in [4.69, 9.17) is 0 Å². The highest BCUT2D eigenvalue weighted by Gasteiger charge is 2.03. The lowest BCUT2D eigenvalue weighted by Gasteiger charge is -2.07. The molecule has 0 aliphatic heterocycles. The van der Waals surface area contributed by atoms with Crippen molar-refractivity contribution in [2.24, 2.45) is 0 Å². The number of rotatable bonds is 15. The lowest BCUT2D eigenvalue weighted by atomic mass is 10.2. The van der Waals surface area contributed by atoms with Gasteiger partial charge in [-0.3, -0.25) is 19.2 Å². The Labute approximate surface area is 156 Å². The summed E-state index contributed by atoms with van der Waals surface area (Å²) >= 11 is 0. The normalized spacial score (nSPS) is 10.1. The lowest BCUT2D eigenvalue weighted by Crippen LogP contribution is -2.34. The number of carbonyl (C=O) groups excluding carboxylic acids is 4. The third-order valence-corrected chi connectivity index (χ3v) is 3.68. The van der Waals surface area contributed by atoms with Crippen molar-refractivity contribution in [2.45, 2.75) is 65.2 Å². The monoisotopic (exact) mass is 370 g/mol. The molecular weight excluding hydrogens is 336 g/mol. The summed E-state index contributed by atoms with van der Waals surface area (Å²) in [6, 6.07) is 0. The summed E-state index contributed by atoms with van der Waals surface area (Å²) < 4.78 is 0. The smallest absolute Gasteiger partial charge is 0.220 e. The predicted molar refractivity (Wildman–Crippen MR) is 100 cm³/mol. The molecule has 0 rings (SSSR count). The van der Waals surface area contributed by atoms with E-state index in [0.717, 1.165) is 38.5 Å². The fourth-order valence-electron chi connectivity index (χ4n) is 2.28. The van der Waals surface area contributed by atoms with E-state index in [9.17, 15) is 19.2 Å². The van der Waals surface area contributed by atoms with Crippen LogP contribution in [-0.4, -0.2) is 49.8 Å². The summed E-state index contributed by atoms with van der Waals surface area (Å²) in [5.74, 6) is -0.0990. The van der Waals surface area contributed by atoms with Crippen molar-refractivity contribution in [3.05, 3.63) is 0 Å². The number of hydrogen-bond acceptors (Lipinski definition) is 4. The van der Waals surface area contributed by atoms with Gasteiger partial charge in [-0.15, -0.1) is 0 Å². The van der Waals surface area contributed by atoms with Crippen LogP contribution in [0.15, 0.2) is 0 Å². The van der Waals surface area contributed by atoms with Crippen LogP contribution in [0, 0.1) is 0 Å². The third-order valence-electron chi connectivity index (χ3n) is 3.68. The van der Waals surface area contributed by atoms with E-state index in [-0.39, 0.29) is 23.6 Å². The van der Waals surface area contributed by atoms with Crippen molar-refractivity contribution < 1.29 is 19.2 Å². The lowest BCUT2D eigenvalue weighted by molar-refractivity contribution is -0.123. The fraction of sp³-hybridized carbons (Fsp3) is 0.778. The standard InChI is InChI=1S/C18H34N4O4/c1-15(23)19-11-7-3-5-9-17(25)21-13-14-22-18(26)10-6-4-8-12-20-16(2)24/h3-14H2,1-2H3,(H,19,23)(H,20,24)(H,21,25)(H,22,26). The number of nitrogens with one attached hydrogen (secondary N) is 4. The van der Waals surface area contributed by atoms with Crippen LogP contribution in [0.5, 0.6) is 0 Å². The van der Waals surface area contributed by atoms with Gasteiger partial charge in [-0.05, 0) is 25.7 Å². The van der Waals surface area contributed by atoms with Crippen LogP contribution in [0.2, 0.25) is 0 Å². The highest BCUT2D eigenvalue weighted by atomic mass is 16.2. The van der Waals surface area contributed by atoms with Gasteiger partial charge in [0.15, 0.2) is 0 Å². The maximum Gasteiger partial charge on any atom is 0.220 e. The summed E-state index contributed by atoms with van der Waals surface area (Å²) in [5.41, 5.74) is 0. The summed E-state index contributed by atoms with van der Waals surface area (Å²) in [7, 11) is 0. The van der Waals surface area contributed by atoms with Crippen LogP contribution in [0.25, 0.3) is 0 Å². The van der Waals surface area contributed by atoms with Crippen molar-refractivity contribution >= 4 is 23.6 Å². The van der Waals surface area contributed by atoms with Gasteiger partial charge in [-0.25, -0.2) is 0 Å². The Kier molecular flexibility index (Phi) is 15.0. The van der Waals surface area contributed by atoms with Crippen molar-refractivity contribution in [1.82, 2.24) is 21.3 Å². The zero-order valence-electron chi connectivity index (χ0n) is 16.1. The van der Waals surface area contributed by atoms with Gasteiger partial charge in [0.1, 0.15) is 0 Å². The quantitative estimate of drug-likeness (QED) is 0.316. The predicted octanol–water partition coefficient (Wildman–Crippen LogP) is 0.612.